The standard InChI is InChI=1S/C11H13N3/c1-8-3-4-10(7-11(8)12)14-9(2)5-6-13-14/h3-7H,12H2,1-2H3. The lowest BCUT2D eigenvalue weighted by atomic mass is 10.2. The summed E-state index contributed by atoms with van der Waals surface area (Å²) >= 11 is 0. The van der Waals surface area contributed by atoms with Crippen molar-refractivity contribution in [1.82, 2.24) is 9.78 Å². The Labute approximate surface area is 83.2 Å². The van der Waals surface area contributed by atoms with E-state index in [2.05, 4.69) is 5.10 Å². The minimum atomic E-state index is 0.803. The van der Waals surface area contributed by atoms with Crippen molar-refractivity contribution in [2.24, 2.45) is 0 Å². The Morgan fingerprint density at radius 3 is 2.57 bits per heavy atom. The molecule has 0 atom stereocenters. The summed E-state index contributed by atoms with van der Waals surface area (Å²) in [6, 6.07) is 7.93. The highest BCUT2D eigenvalue weighted by molar-refractivity contribution is 5.53. The number of hydrogen-bond donors (Lipinski definition) is 1. The molecule has 0 aliphatic carbocycles. The van der Waals surface area contributed by atoms with Crippen LogP contribution in [0.15, 0.2) is 30.5 Å². The van der Waals surface area contributed by atoms with Crippen LogP contribution >= 0.6 is 0 Å². The lowest BCUT2D eigenvalue weighted by Gasteiger charge is -2.06. The molecule has 3 nitrogen and oxygen atoms in total. The van der Waals surface area contributed by atoms with E-state index in [0.29, 0.717) is 0 Å². The maximum absolute atomic E-state index is 5.84. The van der Waals surface area contributed by atoms with Crippen LogP contribution in [0.5, 0.6) is 0 Å². The molecule has 0 unspecified atom stereocenters. The Kier molecular flexibility index (Phi) is 2.00. The van der Waals surface area contributed by atoms with Gasteiger partial charge in [0.05, 0.1) is 5.69 Å². The third-order valence-electron chi connectivity index (χ3n) is 2.34. The van der Waals surface area contributed by atoms with Gasteiger partial charge in [0.1, 0.15) is 0 Å². The first-order valence-corrected chi connectivity index (χ1v) is 4.55. The summed E-state index contributed by atoms with van der Waals surface area (Å²) in [7, 11) is 0. The maximum Gasteiger partial charge on any atom is 0.0669 e. The Hall–Kier alpha value is -1.77. The average molecular weight is 187 g/mol. The highest BCUT2D eigenvalue weighted by Gasteiger charge is 2.01. The number of benzene rings is 1. The van der Waals surface area contributed by atoms with E-state index in [1.807, 2.05) is 42.8 Å². The zero-order valence-corrected chi connectivity index (χ0v) is 8.36. The molecule has 2 N–H and O–H groups in total. The van der Waals surface area contributed by atoms with Crippen LogP contribution in [0.3, 0.4) is 0 Å². The second kappa shape index (κ2) is 3.18. The molecule has 2 aromatic rings. The average Bonchev–Trinajstić information content (AvgIpc) is 2.57. The van der Waals surface area contributed by atoms with Gasteiger partial charge in [-0.2, -0.15) is 5.10 Å². The van der Waals surface area contributed by atoms with E-state index in [1.54, 1.807) is 6.20 Å². The summed E-state index contributed by atoms with van der Waals surface area (Å²) in [6.07, 6.45) is 1.78. The summed E-state index contributed by atoms with van der Waals surface area (Å²) in [5.41, 5.74) is 9.85. The molecule has 0 amide bonds. The van der Waals surface area contributed by atoms with E-state index in [9.17, 15) is 0 Å². The lowest BCUT2D eigenvalue weighted by Crippen LogP contribution is -2.00. The van der Waals surface area contributed by atoms with Gasteiger partial charge in [-0.15, -0.1) is 0 Å². The molecular formula is C11H13N3. The van der Waals surface area contributed by atoms with E-state index in [-0.39, 0.29) is 0 Å². The highest BCUT2D eigenvalue weighted by atomic mass is 15.3. The second-order valence-electron chi connectivity index (χ2n) is 3.43. The Morgan fingerprint density at radius 2 is 2.00 bits per heavy atom. The predicted molar refractivity (Wildman–Crippen MR) is 57.5 cm³/mol. The first-order valence-electron chi connectivity index (χ1n) is 4.55. The molecule has 1 aromatic heterocycles. The first-order chi connectivity index (χ1) is 6.68. The number of aryl methyl sites for hydroxylation is 2. The fourth-order valence-electron chi connectivity index (χ4n) is 1.40. The van der Waals surface area contributed by atoms with E-state index < -0.39 is 0 Å². The predicted octanol–water partition coefficient (Wildman–Crippen LogP) is 2.07. The summed E-state index contributed by atoms with van der Waals surface area (Å²) in [4.78, 5) is 0. The highest BCUT2D eigenvalue weighted by Crippen LogP contribution is 2.16. The number of nitrogens with two attached hydrogens (primary N) is 1. The van der Waals surface area contributed by atoms with Crippen molar-refractivity contribution in [3.8, 4) is 5.69 Å². The van der Waals surface area contributed by atoms with Crippen LogP contribution < -0.4 is 5.73 Å². The minimum absolute atomic E-state index is 0.803. The topological polar surface area (TPSA) is 43.8 Å². The number of nitrogens with zero attached hydrogens (tertiary/aromatic N) is 2. The quantitative estimate of drug-likeness (QED) is 0.694. The third kappa shape index (κ3) is 1.37. The van der Waals surface area contributed by atoms with E-state index in [4.69, 9.17) is 5.73 Å². The van der Waals surface area contributed by atoms with Crippen molar-refractivity contribution in [3.05, 3.63) is 41.7 Å². The van der Waals surface area contributed by atoms with Gasteiger partial charge in [0.25, 0.3) is 0 Å². The summed E-state index contributed by atoms with van der Waals surface area (Å²) in [5.74, 6) is 0. The zero-order chi connectivity index (χ0) is 10.1. The molecule has 0 aliphatic heterocycles. The number of hydrogen-bond acceptors (Lipinski definition) is 2. The molecular weight excluding hydrogens is 174 g/mol. The van der Waals surface area contributed by atoms with Crippen molar-refractivity contribution in [1.29, 1.82) is 0 Å². The Morgan fingerprint density at radius 1 is 1.21 bits per heavy atom. The number of rotatable bonds is 1. The fraction of sp³-hybridized carbons (Fsp3) is 0.182. The van der Waals surface area contributed by atoms with E-state index >= 15 is 0 Å². The van der Waals surface area contributed by atoms with Gasteiger partial charge >= 0.3 is 0 Å². The third-order valence-corrected chi connectivity index (χ3v) is 2.34. The molecule has 0 fully saturated rings. The van der Waals surface area contributed by atoms with Crippen molar-refractivity contribution >= 4 is 5.69 Å². The van der Waals surface area contributed by atoms with Gasteiger partial charge < -0.3 is 5.73 Å². The van der Waals surface area contributed by atoms with Crippen molar-refractivity contribution < 1.29 is 0 Å². The molecule has 3 heteroatoms. The largest absolute Gasteiger partial charge is 0.398 e. The van der Waals surface area contributed by atoms with Crippen molar-refractivity contribution in [2.75, 3.05) is 5.73 Å². The molecule has 0 bridgehead atoms. The van der Waals surface area contributed by atoms with Gasteiger partial charge in [-0.3, -0.25) is 0 Å². The Bertz CT molecular complexity index is 457. The molecule has 0 saturated heterocycles. The summed E-state index contributed by atoms with van der Waals surface area (Å²) in [6.45, 7) is 4.01. The van der Waals surface area contributed by atoms with Gasteiger partial charge in [0, 0.05) is 17.6 Å². The van der Waals surface area contributed by atoms with Crippen LogP contribution in [0.25, 0.3) is 5.69 Å². The van der Waals surface area contributed by atoms with Crippen molar-refractivity contribution in [2.45, 2.75) is 13.8 Å². The first kappa shape index (κ1) is 8.81. The molecule has 72 valence electrons. The van der Waals surface area contributed by atoms with Gasteiger partial charge in [0.2, 0.25) is 0 Å². The molecule has 2 rings (SSSR count). The van der Waals surface area contributed by atoms with Crippen LogP contribution in [0.2, 0.25) is 0 Å². The number of anilines is 1. The Balaban J connectivity index is 2.53. The minimum Gasteiger partial charge on any atom is -0.398 e. The normalized spacial score (nSPS) is 10.4. The summed E-state index contributed by atoms with van der Waals surface area (Å²) < 4.78 is 1.87. The molecule has 1 aromatic carbocycles. The fourth-order valence-corrected chi connectivity index (χ4v) is 1.40. The number of aromatic nitrogens is 2. The molecule has 14 heavy (non-hydrogen) atoms. The molecule has 0 aliphatic rings. The molecule has 0 saturated carbocycles. The smallest absolute Gasteiger partial charge is 0.0669 e. The number of nitrogen functional groups attached to an aromatic ring is 1. The van der Waals surface area contributed by atoms with Gasteiger partial charge in [0.15, 0.2) is 0 Å². The van der Waals surface area contributed by atoms with E-state index in [0.717, 1.165) is 22.6 Å². The van der Waals surface area contributed by atoms with Crippen molar-refractivity contribution in [3.63, 3.8) is 0 Å². The van der Waals surface area contributed by atoms with Crippen LogP contribution in [0, 0.1) is 13.8 Å². The van der Waals surface area contributed by atoms with E-state index in [1.165, 1.54) is 0 Å². The van der Waals surface area contributed by atoms with Crippen LogP contribution in [-0.2, 0) is 0 Å². The van der Waals surface area contributed by atoms with Gasteiger partial charge in [-0.05, 0) is 37.6 Å². The molecule has 0 radical (unpaired) electrons. The molecule has 0 spiro atoms. The summed E-state index contributed by atoms with van der Waals surface area (Å²) in [5, 5.41) is 4.22. The second-order valence-corrected chi connectivity index (χ2v) is 3.43. The molecule has 1 heterocycles. The maximum atomic E-state index is 5.84. The zero-order valence-electron chi connectivity index (χ0n) is 8.36. The SMILES string of the molecule is Cc1ccc(-n2nccc2C)cc1N. The van der Waals surface area contributed by atoms with Gasteiger partial charge in [-0.1, -0.05) is 6.07 Å². The van der Waals surface area contributed by atoms with Crippen LogP contribution in [0.4, 0.5) is 5.69 Å². The monoisotopic (exact) mass is 187 g/mol. The lowest BCUT2D eigenvalue weighted by molar-refractivity contribution is 0.847. The van der Waals surface area contributed by atoms with Gasteiger partial charge in [-0.25, -0.2) is 4.68 Å². The van der Waals surface area contributed by atoms with Crippen LogP contribution in [-0.4, -0.2) is 9.78 Å². The van der Waals surface area contributed by atoms with Crippen LogP contribution in [0.1, 0.15) is 11.3 Å².